The van der Waals surface area contributed by atoms with Crippen molar-refractivity contribution in [3.05, 3.63) is 114 Å². The first kappa shape index (κ1) is 29.9. The normalized spacial score (nSPS) is 17.6. The first-order valence-corrected chi connectivity index (χ1v) is 13.8. The van der Waals surface area contributed by atoms with Gasteiger partial charge in [0.25, 0.3) is 10.1 Å². The van der Waals surface area contributed by atoms with Gasteiger partial charge in [0.15, 0.2) is 0 Å². The van der Waals surface area contributed by atoms with Gasteiger partial charge in [-0.05, 0) is 71.5 Å². The van der Waals surface area contributed by atoms with Crippen LogP contribution in [0.5, 0.6) is 5.75 Å². The van der Waals surface area contributed by atoms with Crippen molar-refractivity contribution < 1.29 is 32.4 Å². The molecule has 0 bridgehead atoms. The van der Waals surface area contributed by atoms with Crippen LogP contribution in [-0.2, 0) is 14.9 Å². The van der Waals surface area contributed by atoms with Crippen LogP contribution < -0.4 is 4.90 Å². The fraction of sp³-hybridized carbons (Fsp3) is 0.167. The van der Waals surface area contributed by atoms with Gasteiger partial charge < -0.3 is 15.1 Å². The van der Waals surface area contributed by atoms with E-state index in [4.69, 9.17) is 0 Å². The van der Waals surface area contributed by atoms with E-state index in [2.05, 4.69) is 0 Å². The van der Waals surface area contributed by atoms with Gasteiger partial charge in [0, 0.05) is 5.69 Å². The Labute approximate surface area is 254 Å². The summed E-state index contributed by atoms with van der Waals surface area (Å²) in [4.78, 5) is 14.4. The topological polar surface area (TPSA) is 115 Å². The maximum absolute atomic E-state index is 13.3. The third kappa shape index (κ3) is 6.15. The van der Waals surface area contributed by atoms with Crippen LogP contribution in [0.4, 0.5) is 10.1 Å². The predicted molar refractivity (Wildman–Crippen MR) is 151 cm³/mol. The van der Waals surface area contributed by atoms with Crippen LogP contribution in [0.1, 0.15) is 36.1 Å². The molecule has 3 N–H and O–H groups in total. The number of rotatable bonds is 8. The van der Waals surface area contributed by atoms with E-state index in [9.17, 15) is 32.4 Å². The number of amides is 1. The first-order valence-electron chi connectivity index (χ1n) is 12.4. The standard InChI is InChI=1S/C30H26FNO6S.Na.H/c31-23-13-10-20(11-14-23)26(33)16-15-25-29(32(30(25)35)24-4-2-1-3-5-24)21-8-6-19(7-9-21)22-12-17-28(27(34)18-22)39(36,37)38;;/h1-14,17-18,25-26,29,33-34H,15-16H2,(H,36,37,38);;/t25-,26+,29-;;/m1../s1. The summed E-state index contributed by atoms with van der Waals surface area (Å²) in [6.07, 6.45) is -0.0675. The number of β-lactam (4-membered cyclic amide) rings is 1. The van der Waals surface area contributed by atoms with Gasteiger partial charge in [0.2, 0.25) is 5.91 Å². The van der Waals surface area contributed by atoms with Gasteiger partial charge in [-0.2, -0.15) is 8.42 Å². The fourth-order valence-corrected chi connectivity index (χ4v) is 5.63. The second-order valence-electron chi connectivity index (χ2n) is 9.52. The van der Waals surface area contributed by atoms with Crippen LogP contribution in [0.2, 0.25) is 0 Å². The molecule has 0 unspecified atom stereocenters. The van der Waals surface area contributed by atoms with E-state index in [1.807, 2.05) is 54.6 Å². The zero-order valence-electron chi connectivity index (χ0n) is 20.7. The van der Waals surface area contributed by atoms with Crippen molar-refractivity contribution in [1.82, 2.24) is 0 Å². The number of aromatic hydroxyl groups is 1. The van der Waals surface area contributed by atoms with Crippen LogP contribution >= 0.6 is 0 Å². The molecule has 0 radical (unpaired) electrons. The van der Waals surface area contributed by atoms with Crippen LogP contribution in [-0.4, -0.2) is 58.6 Å². The number of halogens is 1. The number of para-hydroxylation sites is 1. The Balaban J connectivity index is 0.00000370. The molecular formula is C30H27FNNaO6S. The van der Waals surface area contributed by atoms with Gasteiger partial charge in [0.05, 0.1) is 18.1 Å². The molecule has 202 valence electrons. The number of anilines is 1. The number of hydrogen-bond donors (Lipinski definition) is 3. The van der Waals surface area contributed by atoms with E-state index in [0.29, 0.717) is 29.5 Å². The SMILES string of the molecule is O=C1[C@H](CC[C@H](O)c2ccc(F)cc2)[C@@H](c2ccc(-c3ccc(S(=O)(=O)O)c(O)c3)cc2)N1c1ccccc1.[NaH]. The average Bonchev–Trinajstić information content (AvgIpc) is 2.92. The fourth-order valence-electron chi connectivity index (χ4n) is 5.06. The van der Waals surface area contributed by atoms with Gasteiger partial charge in [-0.15, -0.1) is 0 Å². The minimum absolute atomic E-state index is 0. The van der Waals surface area contributed by atoms with Gasteiger partial charge in [0.1, 0.15) is 16.5 Å². The molecule has 40 heavy (non-hydrogen) atoms. The molecule has 1 saturated heterocycles. The van der Waals surface area contributed by atoms with Crippen LogP contribution in [0.15, 0.2) is 102 Å². The van der Waals surface area contributed by atoms with Gasteiger partial charge >= 0.3 is 29.6 Å². The van der Waals surface area contributed by atoms with Crippen molar-refractivity contribution in [2.45, 2.75) is 29.9 Å². The van der Waals surface area contributed by atoms with E-state index in [1.165, 1.54) is 36.4 Å². The van der Waals surface area contributed by atoms with Crippen molar-refractivity contribution in [3.63, 3.8) is 0 Å². The number of carbonyl (C=O) groups is 1. The molecule has 1 fully saturated rings. The van der Waals surface area contributed by atoms with Crippen LogP contribution in [0.3, 0.4) is 0 Å². The summed E-state index contributed by atoms with van der Waals surface area (Å²) in [5.74, 6) is -1.36. The third-order valence-corrected chi connectivity index (χ3v) is 7.98. The van der Waals surface area contributed by atoms with Crippen LogP contribution in [0.25, 0.3) is 11.1 Å². The van der Waals surface area contributed by atoms with Gasteiger partial charge in [-0.25, -0.2) is 4.39 Å². The summed E-state index contributed by atoms with van der Waals surface area (Å²) in [5, 5.41) is 20.7. The monoisotopic (exact) mass is 571 g/mol. The first-order chi connectivity index (χ1) is 18.6. The van der Waals surface area contributed by atoms with E-state index >= 15 is 0 Å². The van der Waals surface area contributed by atoms with E-state index in [-0.39, 0.29) is 53.2 Å². The second kappa shape index (κ2) is 12.2. The van der Waals surface area contributed by atoms with E-state index in [0.717, 1.165) is 17.3 Å². The Morgan fingerprint density at radius 3 is 2.10 bits per heavy atom. The average molecular weight is 572 g/mol. The molecular weight excluding hydrogens is 544 g/mol. The molecule has 0 aliphatic carbocycles. The third-order valence-electron chi connectivity index (χ3n) is 7.08. The number of aliphatic hydroxyl groups excluding tert-OH is 1. The summed E-state index contributed by atoms with van der Waals surface area (Å²) in [5.41, 5.74) is 3.48. The number of benzene rings is 4. The predicted octanol–water partition coefficient (Wildman–Crippen LogP) is 5.01. The summed E-state index contributed by atoms with van der Waals surface area (Å²) in [6.45, 7) is 0. The summed E-state index contributed by atoms with van der Waals surface area (Å²) >= 11 is 0. The van der Waals surface area contributed by atoms with Crippen LogP contribution in [0, 0.1) is 11.7 Å². The van der Waals surface area contributed by atoms with Crippen molar-refractivity contribution in [3.8, 4) is 16.9 Å². The molecule has 10 heteroatoms. The molecule has 0 saturated carbocycles. The number of aliphatic hydroxyl groups is 1. The molecule has 1 heterocycles. The molecule has 5 rings (SSSR count). The van der Waals surface area contributed by atoms with Crippen molar-refractivity contribution in [2.24, 2.45) is 5.92 Å². The summed E-state index contributed by atoms with van der Waals surface area (Å²) < 4.78 is 45.3. The minimum atomic E-state index is -4.54. The summed E-state index contributed by atoms with van der Waals surface area (Å²) in [6, 6.07) is 26.0. The molecule has 1 aliphatic rings. The van der Waals surface area contributed by atoms with E-state index < -0.39 is 26.9 Å². The molecule has 3 atom stereocenters. The van der Waals surface area contributed by atoms with E-state index in [1.54, 1.807) is 4.90 Å². The number of hydrogen-bond acceptors (Lipinski definition) is 5. The molecule has 1 amide bonds. The maximum atomic E-state index is 13.3. The Morgan fingerprint density at radius 2 is 1.50 bits per heavy atom. The zero-order valence-corrected chi connectivity index (χ0v) is 21.5. The Kier molecular flexibility index (Phi) is 9.14. The Bertz CT molecular complexity index is 1600. The quantitative estimate of drug-likeness (QED) is 0.156. The molecule has 7 nitrogen and oxygen atoms in total. The van der Waals surface area contributed by atoms with Crippen molar-refractivity contribution in [2.75, 3.05) is 4.90 Å². The number of phenols is 1. The molecule has 4 aromatic rings. The van der Waals surface area contributed by atoms with Crippen molar-refractivity contribution in [1.29, 1.82) is 0 Å². The molecule has 4 aromatic carbocycles. The molecule has 0 spiro atoms. The molecule has 1 aliphatic heterocycles. The zero-order chi connectivity index (χ0) is 27.7. The summed E-state index contributed by atoms with van der Waals surface area (Å²) in [7, 11) is -4.54. The van der Waals surface area contributed by atoms with Crippen molar-refractivity contribution >= 4 is 51.3 Å². The Hall–Kier alpha value is -3.05. The number of carbonyl (C=O) groups excluding carboxylic acids is 1. The number of nitrogens with zero attached hydrogens (tertiary/aromatic N) is 1. The van der Waals surface area contributed by atoms with Gasteiger partial charge in [-0.3, -0.25) is 9.35 Å². The molecule has 0 aromatic heterocycles. The van der Waals surface area contributed by atoms with Gasteiger partial charge in [-0.1, -0.05) is 60.7 Å². The second-order valence-corrected chi connectivity index (χ2v) is 10.9. The Morgan fingerprint density at radius 1 is 0.875 bits per heavy atom. The number of phenolic OH excluding ortho intramolecular Hbond substituents is 1.